The molecule has 0 saturated carbocycles. The molecule has 92 valence electrons. The van der Waals surface area contributed by atoms with Gasteiger partial charge in [-0.1, -0.05) is 11.8 Å². The number of rotatable bonds is 4. The summed E-state index contributed by atoms with van der Waals surface area (Å²) in [6.07, 6.45) is 2.01. The van der Waals surface area contributed by atoms with Crippen molar-refractivity contribution < 1.29 is 0 Å². The van der Waals surface area contributed by atoms with E-state index in [1.165, 1.54) is 16.1 Å². The predicted molar refractivity (Wildman–Crippen MR) is 73.9 cm³/mol. The quantitative estimate of drug-likeness (QED) is 0.866. The lowest BCUT2D eigenvalue weighted by atomic mass is 10.3. The Morgan fingerprint density at radius 3 is 2.71 bits per heavy atom. The van der Waals surface area contributed by atoms with Gasteiger partial charge in [0.15, 0.2) is 11.0 Å². The molecular weight excluding hydrogens is 252 g/mol. The van der Waals surface area contributed by atoms with Crippen LogP contribution in [-0.2, 0) is 13.6 Å². The smallest absolute Gasteiger partial charge is 0.190 e. The highest BCUT2D eigenvalue weighted by atomic mass is 32.2. The third-order valence-corrected chi connectivity index (χ3v) is 4.44. The maximum absolute atomic E-state index is 4.18. The number of nitrogens with zero attached hydrogens (tertiary/aromatic N) is 3. The average Bonchev–Trinajstić information content (AvgIpc) is 2.82. The molecule has 2 aromatic rings. The SMILES string of the molecule is CSc1nnc(CNc2c(C)csc2C)n1C. The molecular formula is C11H16N4S2. The topological polar surface area (TPSA) is 42.7 Å². The second-order valence-corrected chi connectivity index (χ2v) is 5.72. The summed E-state index contributed by atoms with van der Waals surface area (Å²) in [4.78, 5) is 1.31. The molecule has 17 heavy (non-hydrogen) atoms. The van der Waals surface area contributed by atoms with Gasteiger partial charge in [0.1, 0.15) is 0 Å². The first-order valence-corrected chi connectivity index (χ1v) is 7.44. The summed E-state index contributed by atoms with van der Waals surface area (Å²) >= 11 is 3.38. The third kappa shape index (κ3) is 2.47. The molecule has 0 saturated heterocycles. The van der Waals surface area contributed by atoms with Gasteiger partial charge >= 0.3 is 0 Å². The molecule has 0 atom stereocenters. The minimum atomic E-state index is 0.711. The van der Waals surface area contributed by atoms with Crippen LogP contribution < -0.4 is 5.32 Å². The van der Waals surface area contributed by atoms with Crippen molar-refractivity contribution in [3.8, 4) is 0 Å². The molecule has 6 heteroatoms. The van der Waals surface area contributed by atoms with Gasteiger partial charge in [0, 0.05) is 11.9 Å². The molecule has 0 aromatic carbocycles. The number of nitrogens with one attached hydrogen (secondary N) is 1. The normalized spacial score (nSPS) is 10.8. The maximum Gasteiger partial charge on any atom is 0.190 e. The summed E-state index contributed by atoms with van der Waals surface area (Å²) in [6.45, 7) is 4.96. The summed E-state index contributed by atoms with van der Waals surface area (Å²) < 4.78 is 2.02. The first kappa shape index (κ1) is 12.4. The van der Waals surface area contributed by atoms with E-state index in [9.17, 15) is 0 Å². The van der Waals surface area contributed by atoms with Crippen LogP contribution in [0.2, 0.25) is 0 Å². The van der Waals surface area contributed by atoms with Crippen LogP contribution in [0.15, 0.2) is 10.5 Å². The number of thiophene rings is 1. The minimum Gasteiger partial charge on any atom is -0.377 e. The van der Waals surface area contributed by atoms with Crippen LogP contribution in [-0.4, -0.2) is 21.0 Å². The lowest BCUT2D eigenvalue weighted by Gasteiger charge is -2.07. The lowest BCUT2D eigenvalue weighted by molar-refractivity contribution is 0.745. The van der Waals surface area contributed by atoms with Crippen molar-refractivity contribution in [2.45, 2.75) is 25.5 Å². The van der Waals surface area contributed by atoms with E-state index in [0.29, 0.717) is 6.54 Å². The van der Waals surface area contributed by atoms with E-state index in [2.05, 4.69) is 34.7 Å². The number of hydrogen-bond acceptors (Lipinski definition) is 5. The van der Waals surface area contributed by atoms with Crippen LogP contribution in [0.25, 0.3) is 0 Å². The Kier molecular flexibility index (Phi) is 3.73. The highest BCUT2D eigenvalue weighted by molar-refractivity contribution is 7.98. The summed E-state index contributed by atoms with van der Waals surface area (Å²) in [6, 6.07) is 0. The van der Waals surface area contributed by atoms with Gasteiger partial charge < -0.3 is 9.88 Å². The van der Waals surface area contributed by atoms with Gasteiger partial charge in [0.25, 0.3) is 0 Å². The molecule has 0 spiro atoms. The molecule has 4 nitrogen and oxygen atoms in total. The van der Waals surface area contributed by atoms with Crippen molar-refractivity contribution in [3.63, 3.8) is 0 Å². The van der Waals surface area contributed by atoms with Crippen LogP contribution in [0.4, 0.5) is 5.69 Å². The minimum absolute atomic E-state index is 0.711. The maximum atomic E-state index is 4.18. The van der Waals surface area contributed by atoms with Gasteiger partial charge in [-0.05, 0) is 31.0 Å². The monoisotopic (exact) mass is 268 g/mol. The summed E-state index contributed by atoms with van der Waals surface area (Å²) in [7, 11) is 2.00. The highest BCUT2D eigenvalue weighted by Crippen LogP contribution is 2.26. The van der Waals surface area contributed by atoms with E-state index in [1.54, 1.807) is 23.1 Å². The zero-order valence-corrected chi connectivity index (χ0v) is 12.1. The second kappa shape index (κ2) is 5.10. The van der Waals surface area contributed by atoms with Gasteiger partial charge in [-0.25, -0.2) is 0 Å². The average molecular weight is 268 g/mol. The van der Waals surface area contributed by atoms with Crippen molar-refractivity contribution in [1.82, 2.24) is 14.8 Å². The number of thioether (sulfide) groups is 1. The third-order valence-electron chi connectivity index (χ3n) is 2.69. The fourth-order valence-electron chi connectivity index (χ4n) is 1.68. The second-order valence-electron chi connectivity index (χ2n) is 3.87. The Morgan fingerprint density at radius 2 is 2.18 bits per heavy atom. The molecule has 2 rings (SSSR count). The Hall–Kier alpha value is -1.01. The zero-order valence-electron chi connectivity index (χ0n) is 10.4. The molecule has 2 aromatic heterocycles. The standard InChI is InChI=1S/C11H16N4S2/c1-7-6-17-8(2)10(7)12-5-9-13-14-11(16-4)15(9)3/h6,12H,5H2,1-4H3. The zero-order chi connectivity index (χ0) is 12.4. The van der Waals surface area contributed by atoms with Crippen LogP contribution in [0.5, 0.6) is 0 Å². The van der Waals surface area contributed by atoms with Crippen molar-refractivity contribution in [3.05, 3.63) is 21.6 Å². The fraction of sp³-hybridized carbons (Fsp3) is 0.455. The number of aromatic nitrogens is 3. The van der Waals surface area contributed by atoms with Crippen LogP contribution in [0.1, 0.15) is 16.3 Å². The molecule has 0 aliphatic carbocycles. The molecule has 0 bridgehead atoms. The summed E-state index contributed by atoms with van der Waals surface area (Å²) in [5, 5.41) is 14.8. The van der Waals surface area contributed by atoms with Crippen LogP contribution >= 0.6 is 23.1 Å². The first-order valence-electron chi connectivity index (χ1n) is 5.34. The van der Waals surface area contributed by atoms with E-state index in [1.807, 2.05) is 17.9 Å². The number of anilines is 1. The van der Waals surface area contributed by atoms with Crippen LogP contribution in [0, 0.1) is 13.8 Å². The lowest BCUT2D eigenvalue weighted by Crippen LogP contribution is -2.07. The van der Waals surface area contributed by atoms with E-state index in [-0.39, 0.29) is 0 Å². The molecule has 0 amide bonds. The van der Waals surface area contributed by atoms with Gasteiger partial charge in [-0.15, -0.1) is 21.5 Å². The van der Waals surface area contributed by atoms with E-state index >= 15 is 0 Å². The Labute approximate surface area is 109 Å². The van der Waals surface area contributed by atoms with Crippen molar-refractivity contribution >= 4 is 28.8 Å². The summed E-state index contributed by atoms with van der Waals surface area (Å²) in [5.41, 5.74) is 2.52. The van der Waals surface area contributed by atoms with Crippen molar-refractivity contribution in [1.29, 1.82) is 0 Å². The molecule has 0 unspecified atom stereocenters. The van der Waals surface area contributed by atoms with Crippen LogP contribution in [0.3, 0.4) is 0 Å². The number of aryl methyl sites for hydroxylation is 2. The predicted octanol–water partition coefficient (Wildman–Crippen LogP) is 2.83. The molecule has 2 heterocycles. The molecule has 0 aliphatic rings. The molecule has 0 fully saturated rings. The van der Waals surface area contributed by atoms with E-state index in [4.69, 9.17) is 0 Å². The molecule has 0 aliphatic heterocycles. The van der Waals surface area contributed by atoms with Gasteiger partial charge in [0.05, 0.1) is 12.2 Å². The molecule has 1 N–H and O–H groups in total. The van der Waals surface area contributed by atoms with Crippen molar-refractivity contribution in [2.24, 2.45) is 7.05 Å². The Balaban J connectivity index is 2.10. The summed E-state index contributed by atoms with van der Waals surface area (Å²) in [5.74, 6) is 0.958. The van der Waals surface area contributed by atoms with E-state index in [0.717, 1.165) is 11.0 Å². The number of hydrogen-bond donors (Lipinski definition) is 1. The highest BCUT2D eigenvalue weighted by Gasteiger charge is 2.09. The Bertz CT molecular complexity index is 496. The Morgan fingerprint density at radius 1 is 1.41 bits per heavy atom. The van der Waals surface area contributed by atoms with Gasteiger partial charge in [-0.2, -0.15) is 0 Å². The van der Waals surface area contributed by atoms with Crippen molar-refractivity contribution in [2.75, 3.05) is 11.6 Å². The first-order chi connectivity index (χ1) is 8.13. The largest absolute Gasteiger partial charge is 0.377 e. The fourth-order valence-corrected chi connectivity index (χ4v) is 3.00. The molecule has 0 radical (unpaired) electrons. The van der Waals surface area contributed by atoms with E-state index < -0.39 is 0 Å². The van der Waals surface area contributed by atoms with Gasteiger partial charge in [0.2, 0.25) is 0 Å². The van der Waals surface area contributed by atoms with Gasteiger partial charge in [-0.3, -0.25) is 0 Å².